The highest BCUT2D eigenvalue weighted by Crippen LogP contribution is 2.42. The van der Waals surface area contributed by atoms with Crippen molar-refractivity contribution in [3.05, 3.63) is 68.0 Å². The van der Waals surface area contributed by atoms with Crippen LogP contribution in [0.2, 0.25) is 5.02 Å². The minimum atomic E-state index is -0.138. The highest BCUT2D eigenvalue weighted by molar-refractivity contribution is 9.10. The fourth-order valence-corrected chi connectivity index (χ4v) is 6.12. The number of piperazine rings is 1. The number of carbonyl (C=O) groups is 2. The number of nitrogens with zero attached hydrogens (tertiary/aromatic N) is 2. The third-order valence-electron chi connectivity index (χ3n) is 6.10. The molecule has 6 nitrogen and oxygen atoms in total. The van der Waals surface area contributed by atoms with Crippen molar-refractivity contribution >= 4 is 56.4 Å². The number of fused-ring (bicyclic) bond motifs is 3. The molecule has 3 heterocycles. The molecule has 0 spiro atoms. The molecule has 0 bridgehead atoms. The lowest BCUT2D eigenvalue weighted by Crippen LogP contribution is -2.46. The molecular formula is C25H23BrClN3O3S. The standard InChI is InChI=1S/C25H23BrClN3O3S/c1-29(20-5-2-16(12-19(20)27)24(31)30-9-7-28-8-10-30)25(32)22-13-15-6-11-33-21-14-17(26)3-4-18(21)23(15)34-22/h2-5,12-14,28H,6-11H2,1H3. The van der Waals surface area contributed by atoms with Crippen molar-refractivity contribution < 1.29 is 14.3 Å². The highest BCUT2D eigenvalue weighted by atomic mass is 79.9. The number of nitrogens with one attached hydrogen (secondary N) is 1. The maximum atomic E-state index is 13.4. The molecule has 9 heteroatoms. The third kappa shape index (κ3) is 4.47. The van der Waals surface area contributed by atoms with Gasteiger partial charge < -0.3 is 19.9 Å². The molecule has 1 aromatic heterocycles. The average Bonchev–Trinajstić information content (AvgIpc) is 3.19. The maximum Gasteiger partial charge on any atom is 0.268 e. The Morgan fingerprint density at radius 2 is 1.94 bits per heavy atom. The van der Waals surface area contributed by atoms with Crippen LogP contribution in [0.15, 0.2) is 46.9 Å². The molecular weight excluding hydrogens is 538 g/mol. The largest absolute Gasteiger partial charge is 0.493 e. The third-order valence-corrected chi connectivity index (χ3v) is 8.10. The summed E-state index contributed by atoms with van der Waals surface area (Å²) in [5, 5.41) is 3.62. The fourth-order valence-electron chi connectivity index (χ4n) is 4.26. The van der Waals surface area contributed by atoms with Crippen LogP contribution >= 0.6 is 38.9 Å². The molecule has 0 aliphatic carbocycles. The number of thiophene rings is 1. The summed E-state index contributed by atoms with van der Waals surface area (Å²) in [5.74, 6) is 0.634. The van der Waals surface area contributed by atoms with Gasteiger partial charge in [-0.15, -0.1) is 11.3 Å². The van der Waals surface area contributed by atoms with Crippen molar-refractivity contribution in [3.63, 3.8) is 0 Å². The van der Waals surface area contributed by atoms with Crippen molar-refractivity contribution in [2.75, 3.05) is 44.7 Å². The zero-order valence-electron chi connectivity index (χ0n) is 18.6. The summed E-state index contributed by atoms with van der Waals surface area (Å²) in [4.78, 5) is 31.2. The van der Waals surface area contributed by atoms with E-state index >= 15 is 0 Å². The topological polar surface area (TPSA) is 61.9 Å². The number of amides is 2. The van der Waals surface area contributed by atoms with E-state index in [0.29, 0.717) is 40.8 Å². The number of rotatable bonds is 3. The van der Waals surface area contributed by atoms with E-state index in [9.17, 15) is 9.59 Å². The summed E-state index contributed by atoms with van der Waals surface area (Å²) in [7, 11) is 1.71. The Morgan fingerprint density at radius 3 is 2.71 bits per heavy atom. The lowest BCUT2D eigenvalue weighted by Gasteiger charge is -2.27. The van der Waals surface area contributed by atoms with E-state index in [0.717, 1.165) is 45.7 Å². The number of benzene rings is 2. The molecule has 5 rings (SSSR count). The first-order valence-electron chi connectivity index (χ1n) is 11.1. The second kappa shape index (κ2) is 9.70. The minimum Gasteiger partial charge on any atom is -0.493 e. The van der Waals surface area contributed by atoms with Gasteiger partial charge in [0.05, 0.1) is 22.2 Å². The second-order valence-electron chi connectivity index (χ2n) is 8.28. The van der Waals surface area contributed by atoms with E-state index in [1.54, 1.807) is 30.1 Å². The van der Waals surface area contributed by atoms with E-state index in [1.165, 1.54) is 11.3 Å². The molecule has 2 aliphatic heterocycles. The monoisotopic (exact) mass is 559 g/mol. The molecule has 0 saturated carbocycles. The molecule has 34 heavy (non-hydrogen) atoms. The van der Waals surface area contributed by atoms with Gasteiger partial charge in [0.2, 0.25) is 0 Å². The van der Waals surface area contributed by atoms with Gasteiger partial charge in [-0.25, -0.2) is 0 Å². The smallest absolute Gasteiger partial charge is 0.268 e. The van der Waals surface area contributed by atoms with Crippen LogP contribution in [0.5, 0.6) is 5.75 Å². The van der Waals surface area contributed by atoms with Crippen LogP contribution in [-0.2, 0) is 6.42 Å². The van der Waals surface area contributed by atoms with Crippen LogP contribution in [0.3, 0.4) is 0 Å². The van der Waals surface area contributed by atoms with Gasteiger partial charge in [-0.1, -0.05) is 27.5 Å². The Kier molecular flexibility index (Phi) is 6.66. The molecule has 1 fully saturated rings. The van der Waals surface area contributed by atoms with Gasteiger partial charge >= 0.3 is 0 Å². The summed E-state index contributed by atoms with van der Waals surface area (Å²) in [6.45, 7) is 3.47. The van der Waals surface area contributed by atoms with E-state index in [1.807, 2.05) is 29.2 Å². The van der Waals surface area contributed by atoms with E-state index in [-0.39, 0.29) is 11.8 Å². The summed E-state index contributed by atoms with van der Waals surface area (Å²) in [6.07, 6.45) is 0.735. The Labute approximate surface area is 215 Å². The first-order valence-corrected chi connectivity index (χ1v) is 13.0. The number of hydrogen-bond acceptors (Lipinski definition) is 5. The molecule has 0 atom stereocenters. The van der Waals surface area contributed by atoms with Crippen LogP contribution in [0.1, 0.15) is 25.6 Å². The van der Waals surface area contributed by atoms with Gasteiger partial charge in [-0.3, -0.25) is 9.59 Å². The number of anilines is 1. The Balaban J connectivity index is 1.39. The van der Waals surface area contributed by atoms with Gasteiger partial charge in [0.1, 0.15) is 5.75 Å². The molecule has 176 valence electrons. The van der Waals surface area contributed by atoms with Crippen molar-refractivity contribution in [3.8, 4) is 16.2 Å². The zero-order valence-corrected chi connectivity index (χ0v) is 21.7. The molecule has 3 aromatic rings. The van der Waals surface area contributed by atoms with Crippen molar-refractivity contribution in [1.82, 2.24) is 10.2 Å². The number of hydrogen-bond donors (Lipinski definition) is 1. The normalized spacial score (nSPS) is 15.1. The number of carbonyl (C=O) groups excluding carboxylic acids is 2. The predicted molar refractivity (Wildman–Crippen MR) is 140 cm³/mol. The van der Waals surface area contributed by atoms with Crippen LogP contribution < -0.4 is 15.0 Å². The summed E-state index contributed by atoms with van der Waals surface area (Å²) in [5.41, 5.74) is 3.20. The molecule has 1 saturated heterocycles. The molecule has 0 radical (unpaired) electrons. The Morgan fingerprint density at radius 1 is 1.15 bits per heavy atom. The molecule has 1 N–H and O–H groups in total. The fraction of sp³-hybridized carbons (Fsp3) is 0.280. The Bertz CT molecular complexity index is 1270. The first kappa shape index (κ1) is 23.4. The lowest BCUT2D eigenvalue weighted by atomic mass is 10.1. The summed E-state index contributed by atoms with van der Waals surface area (Å²) in [6, 6.07) is 13.0. The van der Waals surface area contributed by atoms with Crippen LogP contribution in [0.4, 0.5) is 5.69 Å². The van der Waals surface area contributed by atoms with E-state index in [4.69, 9.17) is 16.3 Å². The van der Waals surface area contributed by atoms with Gasteiger partial charge in [0.15, 0.2) is 0 Å². The van der Waals surface area contributed by atoms with Gasteiger partial charge in [-0.2, -0.15) is 0 Å². The van der Waals surface area contributed by atoms with Crippen LogP contribution in [0, 0.1) is 0 Å². The zero-order chi connectivity index (χ0) is 23.8. The average molecular weight is 561 g/mol. The highest BCUT2D eigenvalue weighted by Gasteiger charge is 2.25. The van der Waals surface area contributed by atoms with Gasteiger partial charge in [-0.05, 0) is 48.0 Å². The Hall–Kier alpha value is -2.39. The number of ether oxygens (including phenoxy) is 1. The van der Waals surface area contributed by atoms with Gasteiger partial charge in [0, 0.05) is 60.1 Å². The van der Waals surface area contributed by atoms with Crippen molar-refractivity contribution in [2.24, 2.45) is 0 Å². The van der Waals surface area contributed by atoms with E-state index < -0.39 is 0 Å². The minimum absolute atomic E-state index is 0.0431. The summed E-state index contributed by atoms with van der Waals surface area (Å²) >= 11 is 11.5. The predicted octanol–water partition coefficient (Wildman–Crippen LogP) is 5.09. The molecule has 2 aliphatic rings. The molecule has 2 amide bonds. The second-order valence-corrected chi connectivity index (χ2v) is 10.7. The van der Waals surface area contributed by atoms with E-state index in [2.05, 4.69) is 21.2 Å². The molecule has 0 unspecified atom stereocenters. The SMILES string of the molecule is CN(C(=O)c1cc2c(s1)-c1ccc(Br)cc1OCC2)c1ccc(C(=O)N2CCNCC2)cc1Cl. The quantitative estimate of drug-likeness (QED) is 0.485. The van der Waals surface area contributed by atoms with Crippen LogP contribution in [0.25, 0.3) is 10.4 Å². The maximum absolute atomic E-state index is 13.4. The molecule has 2 aromatic carbocycles. The van der Waals surface area contributed by atoms with Crippen molar-refractivity contribution in [2.45, 2.75) is 6.42 Å². The van der Waals surface area contributed by atoms with Crippen molar-refractivity contribution in [1.29, 1.82) is 0 Å². The van der Waals surface area contributed by atoms with Crippen LogP contribution in [-0.4, -0.2) is 56.5 Å². The summed E-state index contributed by atoms with van der Waals surface area (Å²) < 4.78 is 6.86. The number of halogens is 2. The lowest BCUT2D eigenvalue weighted by molar-refractivity contribution is 0.0735. The van der Waals surface area contributed by atoms with Gasteiger partial charge in [0.25, 0.3) is 11.8 Å². The first-order chi connectivity index (χ1) is 16.4.